The fourth-order valence-electron chi connectivity index (χ4n) is 1.89. The number of nitrogens with zero attached hydrogens (tertiary/aromatic N) is 2. The van der Waals surface area contributed by atoms with Crippen molar-refractivity contribution in [3.63, 3.8) is 0 Å². The highest BCUT2D eigenvalue weighted by molar-refractivity contribution is 7.80. The van der Waals surface area contributed by atoms with Gasteiger partial charge in [-0.3, -0.25) is 0 Å². The lowest BCUT2D eigenvalue weighted by Gasteiger charge is -2.14. The van der Waals surface area contributed by atoms with Gasteiger partial charge in [0.2, 0.25) is 0 Å². The average Bonchev–Trinajstić information content (AvgIpc) is 2.36. The van der Waals surface area contributed by atoms with Crippen LogP contribution < -0.4 is 11.1 Å². The predicted molar refractivity (Wildman–Crippen MR) is 86.9 cm³/mol. The number of hydrogen-bond donors (Lipinski definition) is 2. The van der Waals surface area contributed by atoms with Gasteiger partial charge < -0.3 is 11.1 Å². The second-order valence-corrected chi connectivity index (χ2v) is 5.46. The fraction of sp³-hybridized carbons (Fsp3) is 0.214. The van der Waals surface area contributed by atoms with Gasteiger partial charge in [-0.15, -0.1) is 5.10 Å². The van der Waals surface area contributed by atoms with Crippen molar-refractivity contribution in [1.29, 1.82) is 0 Å². The number of anilines is 2. The van der Waals surface area contributed by atoms with Gasteiger partial charge in [0.15, 0.2) is 5.82 Å². The van der Waals surface area contributed by atoms with Crippen LogP contribution in [-0.4, -0.2) is 15.2 Å². The van der Waals surface area contributed by atoms with E-state index in [-0.39, 0.29) is 0 Å². The van der Waals surface area contributed by atoms with Gasteiger partial charge in [-0.1, -0.05) is 23.8 Å². The summed E-state index contributed by atoms with van der Waals surface area (Å²) >= 11 is 11.1. The van der Waals surface area contributed by atoms with Gasteiger partial charge in [0.1, 0.15) is 4.99 Å². The van der Waals surface area contributed by atoms with E-state index in [4.69, 9.17) is 29.6 Å². The minimum Gasteiger partial charge on any atom is -0.389 e. The van der Waals surface area contributed by atoms with Crippen molar-refractivity contribution in [2.45, 2.75) is 20.8 Å². The first kappa shape index (κ1) is 14.7. The first-order valence-corrected chi connectivity index (χ1v) is 6.85. The Morgan fingerprint density at radius 2 is 1.95 bits per heavy atom. The Bertz CT molecular complexity index is 685. The molecule has 2 rings (SSSR count). The molecule has 0 aliphatic heterocycles. The van der Waals surface area contributed by atoms with E-state index in [1.807, 2.05) is 39.0 Å². The topological polar surface area (TPSA) is 63.8 Å². The Kier molecular flexibility index (Phi) is 4.20. The highest BCUT2D eigenvalue weighted by Gasteiger charge is 2.14. The van der Waals surface area contributed by atoms with Crippen LogP contribution in [0.1, 0.15) is 22.4 Å². The molecule has 1 aromatic heterocycles. The van der Waals surface area contributed by atoms with Crippen molar-refractivity contribution in [2.75, 3.05) is 5.32 Å². The molecule has 0 fully saturated rings. The number of aryl methyl sites for hydroxylation is 2. The second kappa shape index (κ2) is 5.73. The van der Waals surface area contributed by atoms with Gasteiger partial charge in [-0.05, 0) is 50.1 Å². The number of benzene rings is 1. The number of aromatic nitrogens is 2. The Morgan fingerprint density at radius 1 is 1.25 bits per heavy atom. The Balaban J connectivity index is 2.48. The molecule has 0 atom stereocenters. The monoisotopic (exact) mass is 306 g/mol. The van der Waals surface area contributed by atoms with Crippen molar-refractivity contribution in [1.82, 2.24) is 10.2 Å². The highest BCUT2D eigenvalue weighted by atomic mass is 35.5. The van der Waals surface area contributed by atoms with Crippen LogP contribution in [0.3, 0.4) is 0 Å². The minimum atomic E-state index is 0.301. The van der Waals surface area contributed by atoms with E-state index in [0.717, 1.165) is 28.1 Å². The quantitative estimate of drug-likeness (QED) is 0.851. The van der Waals surface area contributed by atoms with Crippen LogP contribution in [0.2, 0.25) is 5.02 Å². The average molecular weight is 307 g/mol. The Morgan fingerprint density at radius 3 is 2.55 bits per heavy atom. The molecule has 0 radical (unpaired) electrons. The first-order valence-electron chi connectivity index (χ1n) is 6.07. The van der Waals surface area contributed by atoms with Crippen LogP contribution >= 0.6 is 23.8 Å². The Hall–Kier alpha value is -1.72. The van der Waals surface area contributed by atoms with Crippen molar-refractivity contribution in [3.05, 3.63) is 45.6 Å². The maximum absolute atomic E-state index is 5.95. The largest absolute Gasteiger partial charge is 0.389 e. The summed E-state index contributed by atoms with van der Waals surface area (Å²) in [5.74, 6) is 0.561. The maximum atomic E-state index is 5.95. The smallest absolute Gasteiger partial charge is 0.163 e. The van der Waals surface area contributed by atoms with Crippen LogP contribution in [-0.2, 0) is 0 Å². The van der Waals surface area contributed by atoms with E-state index < -0.39 is 0 Å². The lowest BCUT2D eigenvalue weighted by Crippen LogP contribution is -2.17. The lowest BCUT2D eigenvalue weighted by atomic mass is 10.1. The fourth-order valence-corrected chi connectivity index (χ4v) is 2.37. The molecule has 0 aliphatic carbocycles. The number of nitrogens with two attached hydrogens (primary N) is 1. The second-order valence-electron chi connectivity index (χ2n) is 4.58. The van der Waals surface area contributed by atoms with Crippen molar-refractivity contribution in [3.8, 4) is 0 Å². The van der Waals surface area contributed by atoms with Crippen LogP contribution in [0.4, 0.5) is 11.5 Å². The molecule has 6 heteroatoms. The number of thiocarbonyl (C=S) groups is 1. The molecule has 3 N–H and O–H groups in total. The molecule has 0 bridgehead atoms. The van der Waals surface area contributed by atoms with Crippen molar-refractivity contribution in [2.24, 2.45) is 5.73 Å². The summed E-state index contributed by atoms with van der Waals surface area (Å²) in [5.41, 5.74) is 10.2. The molecule has 1 heterocycles. The molecule has 0 amide bonds. The summed E-state index contributed by atoms with van der Waals surface area (Å²) < 4.78 is 0. The normalized spacial score (nSPS) is 10.4. The van der Waals surface area contributed by atoms with E-state index in [2.05, 4.69) is 15.5 Å². The zero-order valence-corrected chi connectivity index (χ0v) is 13.1. The highest BCUT2D eigenvalue weighted by Crippen LogP contribution is 2.26. The number of halogens is 1. The van der Waals surface area contributed by atoms with E-state index in [1.165, 1.54) is 0 Å². The van der Waals surface area contributed by atoms with Gasteiger partial charge in [0, 0.05) is 10.7 Å². The zero-order chi connectivity index (χ0) is 14.9. The summed E-state index contributed by atoms with van der Waals surface area (Å²) in [5, 5.41) is 12.2. The molecule has 4 nitrogen and oxygen atoms in total. The minimum absolute atomic E-state index is 0.301. The summed E-state index contributed by atoms with van der Waals surface area (Å²) in [6, 6.07) is 5.57. The van der Waals surface area contributed by atoms with Gasteiger partial charge in [0.05, 0.1) is 11.3 Å². The molecule has 1 aromatic carbocycles. The SMILES string of the molecule is Cc1cc(Cl)ccc1Nc1nnc(C)c(C)c1C(N)=S. The van der Waals surface area contributed by atoms with Crippen molar-refractivity contribution < 1.29 is 0 Å². The molecule has 0 spiro atoms. The predicted octanol–water partition coefficient (Wildman–Crippen LogP) is 3.43. The zero-order valence-electron chi connectivity index (χ0n) is 11.5. The third kappa shape index (κ3) is 2.89. The van der Waals surface area contributed by atoms with Crippen LogP contribution in [0.15, 0.2) is 18.2 Å². The molecular weight excluding hydrogens is 292 g/mol. The first-order chi connectivity index (χ1) is 9.40. The van der Waals surface area contributed by atoms with E-state index in [0.29, 0.717) is 15.8 Å². The third-order valence-corrected chi connectivity index (χ3v) is 3.58. The summed E-state index contributed by atoms with van der Waals surface area (Å²) in [4.78, 5) is 0.301. The summed E-state index contributed by atoms with van der Waals surface area (Å²) in [6.07, 6.45) is 0. The molecule has 0 unspecified atom stereocenters. The van der Waals surface area contributed by atoms with Crippen LogP contribution in [0.25, 0.3) is 0 Å². The van der Waals surface area contributed by atoms with E-state index in [1.54, 1.807) is 0 Å². The molecule has 20 heavy (non-hydrogen) atoms. The molecule has 104 valence electrons. The van der Waals surface area contributed by atoms with Gasteiger partial charge >= 0.3 is 0 Å². The van der Waals surface area contributed by atoms with Crippen molar-refractivity contribution >= 4 is 40.3 Å². The Labute approximate surface area is 128 Å². The van der Waals surface area contributed by atoms with Crippen LogP contribution in [0.5, 0.6) is 0 Å². The van der Waals surface area contributed by atoms with Gasteiger partial charge in [0.25, 0.3) is 0 Å². The van der Waals surface area contributed by atoms with Crippen LogP contribution in [0, 0.1) is 20.8 Å². The standard InChI is InChI=1S/C14H15ClN4S/c1-7-6-10(15)4-5-11(7)17-14-12(13(16)20)8(2)9(3)18-19-14/h4-6H,1-3H3,(H2,16,20)(H,17,19). The number of rotatable bonds is 3. The van der Waals surface area contributed by atoms with Gasteiger partial charge in [-0.25, -0.2) is 0 Å². The van der Waals surface area contributed by atoms with E-state index >= 15 is 0 Å². The maximum Gasteiger partial charge on any atom is 0.163 e. The number of hydrogen-bond acceptors (Lipinski definition) is 4. The molecule has 0 saturated carbocycles. The molecule has 0 aliphatic rings. The number of nitrogens with one attached hydrogen (secondary N) is 1. The molecular formula is C14H15ClN4S. The third-order valence-electron chi connectivity index (χ3n) is 3.14. The summed E-state index contributed by atoms with van der Waals surface area (Å²) in [7, 11) is 0. The lowest BCUT2D eigenvalue weighted by molar-refractivity contribution is 0.963. The van der Waals surface area contributed by atoms with Gasteiger partial charge in [-0.2, -0.15) is 5.10 Å². The summed E-state index contributed by atoms with van der Waals surface area (Å²) in [6.45, 7) is 5.77. The van der Waals surface area contributed by atoms with E-state index in [9.17, 15) is 0 Å². The molecule has 2 aromatic rings. The molecule has 0 saturated heterocycles.